The van der Waals surface area contributed by atoms with E-state index in [0.29, 0.717) is 0 Å². The SMILES string of the molecule is C.C=C[Si](OC)(OC)OC. The quantitative estimate of drug-likeness (QED) is 0.585. The van der Waals surface area contributed by atoms with Crippen LogP contribution in [0.4, 0.5) is 0 Å². The van der Waals surface area contributed by atoms with Crippen LogP contribution in [0.3, 0.4) is 0 Å². The highest BCUT2D eigenvalue weighted by atomic mass is 28.4. The van der Waals surface area contributed by atoms with Gasteiger partial charge >= 0.3 is 8.80 Å². The molecule has 4 heteroatoms. The van der Waals surface area contributed by atoms with Crippen LogP contribution < -0.4 is 0 Å². The van der Waals surface area contributed by atoms with Crippen LogP contribution in [0.1, 0.15) is 7.43 Å². The largest absolute Gasteiger partial charge is 0.528 e. The summed E-state index contributed by atoms with van der Waals surface area (Å²) in [6.45, 7) is 3.53. The molecule has 0 radical (unpaired) electrons. The standard InChI is InChI=1S/C5H12O3Si.CH4/c1-5-9(6-2,7-3)8-4;/h5H,1H2,2-4H3;1H4. The molecule has 0 aliphatic carbocycles. The van der Waals surface area contributed by atoms with Gasteiger partial charge < -0.3 is 13.3 Å². The molecule has 0 aromatic rings. The lowest BCUT2D eigenvalue weighted by atomic mass is 11.3. The lowest BCUT2D eigenvalue weighted by Gasteiger charge is -2.19. The fourth-order valence-corrected chi connectivity index (χ4v) is 1.50. The number of hydrogen-bond donors (Lipinski definition) is 0. The third-order valence-corrected chi connectivity index (χ3v) is 3.31. The Morgan fingerprint density at radius 3 is 1.40 bits per heavy atom. The minimum atomic E-state index is -2.43. The van der Waals surface area contributed by atoms with Crippen LogP contribution in [-0.4, -0.2) is 30.1 Å². The molecule has 0 bridgehead atoms. The van der Waals surface area contributed by atoms with Gasteiger partial charge in [-0.05, 0) is 5.70 Å². The monoisotopic (exact) mass is 164 g/mol. The fraction of sp³-hybridized carbons (Fsp3) is 0.667. The highest BCUT2D eigenvalue weighted by Crippen LogP contribution is 2.04. The van der Waals surface area contributed by atoms with Crippen molar-refractivity contribution < 1.29 is 13.3 Å². The van der Waals surface area contributed by atoms with E-state index in [4.69, 9.17) is 13.3 Å². The van der Waals surface area contributed by atoms with Crippen molar-refractivity contribution in [2.45, 2.75) is 7.43 Å². The zero-order valence-electron chi connectivity index (χ0n) is 6.01. The van der Waals surface area contributed by atoms with Crippen molar-refractivity contribution >= 4 is 8.80 Å². The first-order chi connectivity index (χ1) is 4.24. The molecule has 0 fully saturated rings. The van der Waals surface area contributed by atoms with Crippen LogP contribution in [0, 0.1) is 0 Å². The molecule has 0 aliphatic rings. The van der Waals surface area contributed by atoms with E-state index in [-0.39, 0.29) is 7.43 Å². The predicted molar refractivity (Wildman–Crippen MR) is 43.7 cm³/mol. The highest BCUT2D eigenvalue weighted by molar-refractivity contribution is 6.66. The molecule has 0 N–H and O–H groups in total. The van der Waals surface area contributed by atoms with E-state index in [0.717, 1.165) is 0 Å². The van der Waals surface area contributed by atoms with Gasteiger partial charge in [-0.25, -0.2) is 0 Å². The fourth-order valence-electron chi connectivity index (χ4n) is 0.500. The third kappa shape index (κ3) is 2.61. The van der Waals surface area contributed by atoms with Gasteiger partial charge in [0.2, 0.25) is 0 Å². The average Bonchev–Trinajstić information content (AvgIpc) is 1.95. The summed E-state index contributed by atoms with van der Waals surface area (Å²) in [5, 5.41) is 0. The normalized spacial score (nSPS) is 10.3. The molecular formula is C6H16O3Si. The molecule has 0 rings (SSSR count). The highest BCUT2D eigenvalue weighted by Gasteiger charge is 2.33. The van der Waals surface area contributed by atoms with Crippen LogP contribution in [-0.2, 0) is 13.3 Å². The summed E-state index contributed by atoms with van der Waals surface area (Å²) in [6.07, 6.45) is 0. The van der Waals surface area contributed by atoms with E-state index in [2.05, 4.69) is 6.58 Å². The van der Waals surface area contributed by atoms with Crippen molar-refractivity contribution in [1.29, 1.82) is 0 Å². The first-order valence-electron chi connectivity index (χ1n) is 2.53. The molecule has 0 unspecified atom stereocenters. The van der Waals surface area contributed by atoms with Gasteiger partial charge in [0.25, 0.3) is 0 Å². The summed E-state index contributed by atoms with van der Waals surface area (Å²) in [5.41, 5.74) is 1.58. The number of hydrogen-bond acceptors (Lipinski definition) is 3. The van der Waals surface area contributed by atoms with Gasteiger partial charge in [0, 0.05) is 21.3 Å². The number of rotatable bonds is 4. The summed E-state index contributed by atoms with van der Waals surface area (Å²) in [6, 6.07) is 0. The second-order valence-electron chi connectivity index (χ2n) is 1.42. The Hall–Kier alpha value is -0.163. The Kier molecular flexibility index (Phi) is 7.02. The summed E-state index contributed by atoms with van der Waals surface area (Å²) in [7, 11) is 2.20. The molecule has 62 valence electrons. The molecular weight excluding hydrogens is 148 g/mol. The van der Waals surface area contributed by atoms with Crippen molar-refractivity contribution in [2.24, 2.45) is 0 Å². The molecule has 0 heterocycles. The second-order valence-corrected chi connectivity index (χ2v) is 4.26. The van der Waals surface area contributed by atoms with E-state index in [1.165, 1.54) is 0 Å². The molecule has 0 aliphatic heterocycles. The van der Waals surface area contributed by atoms with Crippen molar-refractivity contribution in [3.8, 4) is 0 Å². The average molecular weight is 164 g/mol. The first-order valence-corrected chi connectivity index (χ1v) is 4.34. The molecule has 0 saturated carbocycles. The van der Waals surface area contributed by atoms with Gasteiger partial charge in [-0.15, -0.1) is 0 Å². The molecule has 0 aromatic carbocycles. The van der Waals surface area contributed by atoms with Crippen LogP contribution in [0.2, 0.25) is 0 Å². The molecule has 0 amide bonds. The smallest absolute Gasteiger partial charge is 0.374 e. The van der Waals surface area contributed by atoms with E-state index >= 15 is 0 Å². The van der Waals surface area contributed by atoms with Crippen molar-refractivity contribution in [3.05, 3.63) is 12.3 Å². The van der Waals surface area contributed by atoms with Gasteiger partial charge in [-0.1, -0.05) is 14.0 Å². The molecule has 3 nitrogen and oxygen atoms in total. The van der Waals surface area contributed by atoms with Crippen molar-refractivity contribution in [3.63, 3.8) is 0 Å². The lowest BCUT2D eigenvalue weighted by molar-refractivity contribution is 0.138. The van der Waals surface area contributed by atoms with Crippen LogP contribution in [0.15, 0.2) is 12.3 Å². The van der Waals surface area contributed by atoms with E-state index in [1.807, 2.05) is 0 Å². The molecule has 10 heavy (non-hydrogen) atoms. The Balaban J connectivity index is 0. The van der Waals surface area contributed by atoms with Crippen molar-refractivity contribution in [2.75, 3.05) is 21.3 Å². The van der Waals surface area contributed by atoms with Gasteiger partial charge in [0.05, 0.1) is 0 Å². The first kappa shape index (κ1) is 12.5. The minimum Gasteiger partial charge on any atom is -0.374 e. The third-order valence-electron chi connectivity index (χ3n) is 1.10. The Labute approximate surface area is 64.0 Å². The summed E-state index contributed by atoms with van der Waals surface area (Å²) in [4.78, 5) is 0. The predicted octanol–water partition coefficient (Wildman–Crippen LogP) is 1.23. The van der Waals surface area contributed by atoms with Gasteiger partial charge in [0.15, 0.2) is 0 Å². The zero-order valence-corrected chi connectivity index (χ0v) is 7.01. The van der Waals surface area contributed by atoms with E-state index in [1.54, 1.807) is 27.0 Å². The van der Waals surface area contributed by atoms with E-state index < -0.39 is 8.80 Å². The molecule has 0 atom stereocenters. The molecule has 0 saturated heterocycles. The summed E-state index contributed by atoms with van der Waals surface area (Å²) >= 11 is 0. The Morgan fingerprint density at radius 2 is 1.40 bits per heavy atom. The van der Waals surface area contributed by atoms with Gasteiger partial charge in [-0.2, -0.15) is 0 Å². The molecule has 0 aromatic heterocycles. The van der Waals surface area contributed by atoms with Crippen molar-refractivity contribution in [1.82, 2.24) is 0 Å². The minimum absolute atomic E-state index is 0. The second kappa shape index (κ2) is 5.61. The van der Waals surface area contributed by atoms with Crippen LogP contribution >= 0.6 is 0 Å². The summed E-state index contributed by atoms with van der Waals surface area (Å²) in [5.74, 6) is 0. The van der Waals surface area contributed by atoms with E-state index in [9.17, 15) is 0 Å². The van der Waals surface area contributed by atoms with Gasteiger partial charge in [-0.3, -0.25) is 0 Å². The van der Waals surface area contributed by atoms with Gasteiger partial charge in [0.1, 0.15) is 0 Å². The maximum absolute atomic E-state index is 4.96. The summed E-state index contributed by atoms with van der Waals surface area (Å²) < 4.78 is 14.9. The maximum atomic E-state index is 4.96. The maximum Gasteiger partial charge on any atom is 0.528 e. The van der Waals surface area contributed by atoms with Crippen LogP contribution in [0.25, 0.3) is 0 Å². The Bertz CT molecular complexity index is 82.7. The topological polar surface area (TPSA) is 27.7 Å². The molecule has 0 spiro atoms. The lowest BCUT2D eigenvalue weighted by Crippen LogP contribution is -2.40. The Morgan fingerprint density at radius 1 is 1.10 bits per heavy atom. The zero-order chi connectivity index (χ0) is 7.33. The van der Waals surface area contributed by atoms with Crippen LogP contribution in [0.5, 0.6) is 0 Å².